The number of aliphatic hydroxyl groups is 2. The van der Waals surface area contributed by atoms with Crippen molar-refractivity contribution < 1.29 is 19.7 Å². The average molecular weight is 256 g/mol. The minimum Gasteiger partial charge on any atom is -0.461 e. The van der Waals surface area contributed by atoms with E-state index in [2.05, 4.69) is 0 Å². The van der Waals surface area contributed by atoms with Crippen LogP contribution in [0.2, 0.25) is 0 Å². The Morgan fingerprint density at radius 2 is 2.06 bits per heavy atom. The van der Waals surface area contributed by atoms with Gasteiger partial charge < -0.3 is 14.9 Å². The molecule has 0 spiro atoms. The molecular formula is C14H24O4. The Morgan fingerprint density at radius 1 is 1.44 bits per heavy atom. The van der Waals surface area contributed by atoms with Crippen LogP contribution in [0.25, 0.3) is 0 Å². The fourth-order valence-corrected chi connectivity index (χ4v) is 2.60. The van der Waals surface area contributed by atoms with Crippen molar-refractivity contribution in [2.75, 3.05) is 6.61 Å². The third kappa shape index (κ3) is 3.82. The van der Waals surface area contributed by atoms with Gasteiger partial charge in [-0.2, -0.15) is 0 Å². The van der Waals surface area contributed by atoms with Crippen LogP contribution in [0.15, 0.2) is 11.6 Å². The van der Waals surface area contributed by atoms with E-state index in [9.17, 15) is 15.0 Å². The number of esters is 1. The van der Waals surface area contributed by atoms with Gasteiger partial charge in [0, 0.05) is 0 Å². The van der Waals surface area contributed by atoms with Gasteiger partial charge in [-0.05, 0) is 45.6 Å². The Labute approximate surface area is 109 Å². The first kappa shape index (κ1) is 15.2. The normalized spacial score (nSPS) is 42.4. The highest BCUT2D eigenvalue weighted by Crippen LogP contribution is 2.29. The SMILES string of the molecule is C/C1=C/COC(=O)C(C)C(O)C(C)(O)CC(C)C1. The zero-order chi connectivity index (χ0) is 13.9. The maximum atomic E-state index is 11.7. The van der Waals surface area contributed by atoms with Crippen molar-refractivity contribution in [3.05, 3.63) is 11.6 Å². The first-order chi connectivity index (χ1) is 8.24. The summed E-state index contributed by atoms with van der Waals surface area (Å²) in [5, 5.41) is 20.4. The van der Waals surface area contributed by atoms with Gasteiger partial charge in [0.2, 0.25) is 0 Å². The third-order valence-electron chi connectivity index (χ3n) is 3.57. The molecule has 4 atom stereocenters. The molecule has 104 valence electrons. The van der Waals surface area contributed by atoms with Crippen molar-refractivity contribution in [3.8, 4) is 0 Å². The lowest BCUT2D eigenvalue weighted by Gasteiger charge is -2.34. The second-order valence-electron chi connectivity index (χ2n) is 5.78. The maximum absolute atomic E-state index is 11.7. The molecule has 1 aliphatic rings. The van der Waals surface area contributed by atoms with E-state index in [0.29, 0.717) is 6.42 Å². The lowest BCUT2D eigenvalue weighted by atomic mass is 9.81. The first-order valence-electron chi connectivity index (χ1n) is 6.46. The van der Waals surface area contributed by atoms with E-state index in [1.807, 2.05) is 19.9 Å². The molecular weight excluding hydrogens is 232 g/mol. The van der Waals surface area contributed by atoms with Gasteiger partial charge in [0.15, 0.2) is 0 Å². The van der Waals surface area contributed by atoms with Crippen molar-refractivity contribution in [1.82, 2.24) is 0 Å². The Morgan fingerprint density at radius 3 is 2.67 bits per heavy atom. The molecule has 0 radical (unpaired) electrons. The molecule has 0 aromatic carbocycles. The summed E-state index contributed by atoms with van der Waals surface area (Å²) in [5.41, 5.74) is -0.141. The second-order valence-corrected chi connectivity index (χ2v) is 5.78. The number of allylic oxidation sites excluding steroid dienone is 1. The Bertz CT molecular complexity index is 333. The molecule has 0 aromatic heterocycles. The first-order valence-corrected chi connectivity index (χ1v) is 6.46. The standard InChI is InChI=1S/C14H24O4/c1-9-5-6-18-13(16)11(3)12(15)14(4,17)8-10(2)7-9/h5,10-12,15,17H,6-8H2,1-4H3/b9-5-. The number of hydrogen-bond acceptors (Lipinski definition) is 4. The van der Waals surface area contributed by atoms with Gasteiger partial charge in [0.05, 0.1) is 17.6 Å². The van der Waals surface area contributed by atoms with Gasteiger partial charge in [0.25, 0.3) is 0 Å². The van der Waals surface area contributed by atoms with Crippen molar-refractivity contribution in [2.24, 2.45) is 11.8 Å². The Hall–Kier alpha value is -0.870. The number of aliphatic hydroxyl groups excluding tert-OH is 1. The number of carbonyl (C=O) groups excluding carboxylic acids is 1. The topological polar surface area (TPSA) is 66.8 Å². The van der Waals surface area contributed by atoms with E-state index in [1.165, 1.54) is 0 Å². The molecule has 1 rings (SSSR count). The predicted octanol–water partition coefficient (Wildman–Crippen LogP) is 1.65. The van der Waals surface area contributed by atoms with E-state index in [4.69, 9.17) is 4.74 Å². The van der Waals surface area contributed by atoms with Gasteiger partial charge in [-0.3, -0.25) is 4.79 Å². The van der Waals surface area contributed by atoms with E-state index in [0.717, 1.165) is 12.0 Å². The van der Waals surface area contributed by atoms with E-state index in [-0.39, 0.29) is 12.5 Å². The van der Waals surface area contributed by atoms with Crippen molar-refractivity contribution >= 4 is 5.97 Å². The molecule has 0 amide bonds. The summed E-state index contributed by atoms with van der Waals surface area (Å²) in [6.07, 6.45) is 2.06. The largest absolute Gasteiger partial charge is 0.461 e. The lowest BCUT2D eigenvalue weighted by molar-refractivity contribution is -0.160. The smallest absolute Gasteiger partial charge is 0.311 e. The Balaban J connectivity index is 2.94. The molecule has 1 aliphatic heterocycles. The van der Waals surface area contributed by atoms with Gasteiger partial charge in [-0.25, -0.2) is 0 Å². The molecule has 4 heteroatoms. The number of carbonyl (C=O) groups is 1. The highest BCUT2D eigenvalue weighted by molar-refractivity contribution is 5.73. The van der Waals surface area contributed by atoms with Gasteiger partial charge in [-0.15, -0.1) is 0 Å². The fraction of sp³-hybridized carbons (Fsp3) is 0.786. The molecule has 18 heavy (non-hydrogen) atoms. The molecule has 1 heterocycles. The van der Waals surface area contributed by atoms with Gasteiger partial charge in [0.1, 0.15) is 6.61 Å². The van der Waals surface area contributed by atoms with Crippen LogP contribution in [0.1, 0.15) is 40.5 Å². The summed E-state index contributed by atoms with van der Waals surface area (Å²) >= 11 is 0. The summed E-state index contributed by atoms with van der Waals surface area (Å²) in [6, 6.07) is 0. The van der Waals surface area contributed by atoms with Crippen molar-refractivity contribution in [3.63, 3.8) is 0 Å². The number of ether oxygens (including phenoxy) is 1. The molecule has 0 aromatic rings. The highest BCUT2D eigenvalue weighted by atomic mass is 16.5. The summed E-state index contributed by atoms with van der Waals surface area (Å²) in [6.45, 7) is 7.41. The van der Waals surface area contributed by atoms with Crippen molar-refractivity contribution in [2.45, 2.75) is 52.2 Å². The minimum absolute atomic E-state index is 0.233. The predicted molar refractivity (Wildman–Crippen MR) is 68.9 cm³/mol. The Kier molecular flexibility index (Phi) is 4.93. The van der Waals surface area contributed by atoms with Crippen LogP contribution in [0, 0.1) is 11.8 Å². The lowest BCUT2D eigenvalue weighted by Crippen LogP contribution is -2.47. The van der Waals surface area contributed by atoms with Gasteiger partial charge >= 0.3 is 5.97 Å². The van der Waals surface area contributed by atoms with E-state index >= 15 is 0 Å². The molecule has 4 nitrogen and oxygen atoms in total. The molecule has 0 saturated heterocycles. The van der Waals surface area contributed by atoms with E-state index < -0.39 is 23.6 Å². The maximum Gasteiger partial charge on any atom is 0.311 e. The summed E-state index contributed by atoms with van der Waals surface area (Å²) in [4.78, 5) is 11.7. The third-order valence-corrected chi connectivity index (χ3v) is 3.57. The van der Waals surface area contributed by atoms with Crippen LogP contribution < -0.4 is 0 Å². The number of cyclic esters (lactones) is 1. The summed E-state index contributed by atoms with van der Waals surface area (Å²) in [7, 11) is 0. The highest BCUT2D eigenvalue weighted by Gasteiger charge is 2.39. The average Bonchev–Trinajstić information content (AvgIpc) is 2.25. The monoisotopic (exact) mass is 256 g/mol. The van der Waals surface area contributed by atoms with Crippen LogP contribution >= 0.6 is 0 Å². The van der Waals surface area contributed by atoms with Gasteiger partial charge in [-0.1, -0.05) is 12.5 Å². The zero-order valence-corrected chi connectivity index (χ0v) is 11.6. The van der Waals surface area contributed by atoms with Crippen LogP contribution in [-0.2, 0) is 9.53 Å². The van der Waals surface area contributed by atoms with Crippen molar-refractivity contribution in [1.29, 1.82) is 0 Å². The molecule has 0 aliphatic carbocycles. The number of rotatable bonds is 0. The second kappa shape index (κ2) is 5.85. The molecule has 0 saturated carbocycles. The van der Waals surface area contributed by atoms with Crippen LogP contribution in [0.5, 0.6) is 0 Å². The quantitative estimate of drug-likeness (QED) is 0.511. The van der Waals surface area contributed by atoms with E-state index in [1.54, 1.807) is 13.8 Å². The molecule has 4 unspecified atom stereocenters. The molecule has 0 fully saturated rings. The van der Waals surface area contributed by atoms with Crippen LogP contribution in [0.3, 0.4) is 0 Å². The molecule has 0 bridgehead atoms. The minimum atomic E-state index is -1.28. The molecule has 2 N–H and O–H groups in total. The number of hydrogen-bond donors (Lipinski definition) is 2. The summed E-state index contributed by atoms with van der Waals surface area (Å²) in [5.74, 6) is -0.952. The fourth-order valence-electron chi connectivity index (χ4n) is 2.60. The van der Waals surface area contributed by atoms with Crippen LogP contribution in [0.4, 0.5) is 0 Å². The summed E-state index contributed by atoms with van der Waals surface area (Å²) < 4.78 is 5.07. The van der Waals surface area contributed by atoms with Crippen LogP contribution in [-0.4, -0.2) is 34.5 Å². The zero-order valence-electron chi connectivity index (χ0n) is 11.6.